The van der Waals surface area contributed by atoms with Crippen LogP contribution < -0.4 is 19.5 Å². The number of nitrogens with one attached hydrogen (secondary N) is 1. The van der Waals surface area contributed by atoms with Crippen molar-refractivity contribution in [2.24, 2.45) is 0 Å². The molecule has 2 rings (SSSR count). The summed E-state index contributed by atoms with van der Waals surface area (Å²) in [7, 11) is 6.46. The first-order valence-electron chi connectivity index (χ1n) is 6.01. The van der Waals surface area contributed by atoms with Gasteiger partial charge in [0.15, 0.2) is 11.5 Å². The zero-order valence-electron chi connectivity index (χ0n) is 11.9. The number of aromatic nitrogens is 2. The molecule has 1 heterocycles. The van der Waals surface area contributed by atoms with Crippen molar-refractivity contribution in [3.05, 3.63) is 18.0 Å². The highest BCUT2D eigenvalue weighted by Crippen LogP contribution is 2.43. The van der Waals surface area contributed by atoms with Gasteiger partial charge in [0, 0.05) is 0 Å². The molecule has 7 nitrogen and oxygen atoms in total. The van der Waals surface area contributed by atoms with Crippen molar-refractivity contribution in [2.75, 3.05) is 28.4 Å². The van der Waals surface area contributed by atoms with Crippen molar-refractivity contribution in [2.45, 2.75) is 6.54 Å². The summed E-state index contributed by atoms with van der Waals surface area (Å²) in [5.41, 5.74) is 0.653. The third-order valence-corrected chi connectivity index (χ3v) is 2.73. The largest absolute Gasteiger partial charge is 0.493 e. The minimum atomic E-state index is 0.369. The molecule has 0 saturated heterocycles. The van der Waals surface area contributed by atoms with Crippen LogP contribution in [-0.2, 0) is 6.54 Å². The van der Waals surface area contributed by atoms with E-state index in [1.807, 2.05) is 0 Å². The lowest BCUT2D eigenvalue weighted by Gasteiger charge is -2.13. The normalized spacial score (nSPS) is 10.4. The average molecular weight is 279 g/mol. The highest BCUT2D eigenvalue weighted by atomic mass is 16.5. The van der Waals surface area contributed by atoms with E-state index in [9.17, 15) is 0 Å². The lowest BCUT2D eigenvalue weighted by atomic mass is 10.1. The fourth-order valence-corrected chi connectivity index (χ4v) is 1.85. The first-order chi connectivity index (χ1) is 9.74. The zero-order valence-corrected chi connectivity index (χ0v) is 11.9. The maximum Gasteiger partial charge on any atom is 0.251 e. The van der Waals surface area contributed by atoms with Gasteiger partial charge in [0.25, 0.3) is 5.89 Å². The SMILES string of the molecule is CNCc1nnc(-c2ccc(OC)c(OC)c2OC)o1. The Morgan fingerprint density at radius 2 is 1.80 bits per heavy atom. The summed E-state index contributed by atoms with van der Waals surface area (Å²) in [5, 5.41) is 10.9. The van der Waals surface area contributed by atoms with Gasteiger partial charge in [0.05, 0.1) is 33.4 Å². The molecule has 108 valence electrons. The third kappa shape index (κ3) is 2.53. The number of nitrogens with zero attached hydrogens (tertiary/aromatic N) is 2. The van der Waals surface area contributed by atoms with Crippen LogP contribution in [0.15, 0.2) is 16.5 Å². The van der Waals surface area contributed by atoms with E-state index in [-0.39, 0.29) is 0 Å². The van der Waals surface area contributed by atoms with Crippen LogP contribution in [0.2, 0.25) is 0 Å². The minimum Gasteiger partial charge on any atom is -0.493 e. The molecule has 0 aliphatic heterocycles. The molecule has 0 aliphatic rings. The van der Waals surface area contributed by atoms with Gasteiger partial charge in [-0.1, -0.05) is 0 Å². The van der Waals surface area contributed by atoms with Crippen LogP contribution in [0.25, 0.3) is 11.5 Å². The van der Waals surface area contributed by atoms with E-state index < -0.39 is 0 Å². The third-order valence-electron chi connectivity index (χ3n) is 2.73. The number of benzene rings is 1. The van der Waals surface area contributed by atoms with Crippen LogP contribution >= 0.6 is 0 Å². The molecule has 0 radical (unpaired) electrons. The molecular weight excluding hydrogens is 262 g/mol. The summed E-state index contributed by atoms with van der Waals surface area (Å²) < 4.78 is 21.5. The number of ether oxygens (including phenoxy) is 3. The molecule has 2 aromatic rings. The number of hydrogen-bond acceptors (Lipinski definition) is 7. The van der Waals surface area contributed by atoms with Gasteiger partial charge in [-0.15, -0.1) is 10.2 Å². The maximum absolute atomic E-state index is 5.56. The second kappa shape index (κ2) is 6.25. The summed E-state index contributed by atoms with van der Waals surface area (Å²) in [6, 6.07) is 3.55. The van der Waals surface area contributed by atoms with Gasteiger partial charge < -0.3 is 23.9 Å². The quantitative estimate of drug-likeness (QED) is 0.858. The molecule has 0 unspecified atom stereocenters. The van der Waals surface area contributed by atoms with Gasteiger partial charge in [-0.3, -0.25) is 0 Å². The molecule has 0 bridgehead atoms. The molecule has 1 aromatic carbocycles. The van der Waals surface area contributed by atoms with Crippen LogP contribution in [0.5, 0.6) is 17.2 Å². The van der Waals surface area contributed by atoms with Crippen molar-refractivity contribution in [1.82, 2.24) is 15.5 Å². The smallest absolute Gasteiger partial charge is 0.251 e. The Kier molecular flexibility index (Phi) is 4.41. The molecular formula is C13H17N3O4. The van der Waals surface area contributed by atoms with E-state index >= 15 is 0 Å². The first-order valence-corrected chi connectivity index (χ1v) is 6.01. The Balaban J connectivity index is 2.49. The molecule has 20 heavy (non-hydrogen) atoms. The highest BCUT2D eigenvalue weighted by Gasteiger charge is 2.20. The molecule has 1 aromatic heterocycles. The van der Waals surface area contributed by atoms with Crippen molar-refractivity contribution in [3.8, 4) is 28.7 Å². The van der Waals surface area contributed by atoms with Crippen LogP contribution in [0.4, 0.5) is 0 Å². The van der Waals surface area contributed by atoms with Gasteiger partial charge in [0.2, 0.25) is 11.6 Å². The van der Waals surface area contributed by atoms with E-state index in [2.05, 4.69) is 15.5 Å². The Labute approximate surface area is 116 Å². The summed E-state index contributed by atoms with van der Waals surface area (Å²) in [6.45, 7) is 0.503. The Morgan fingerprint density at radius 3 is 2.40 bits per heavy atom. The van der Waals surface area contributed by atoms with Crippen LogP contribution in [0.1, 0.15) is 5.89 Å². The summed E-state index contributed by atoms with van der Waals surface area (Å²) >= 11 is 0. The van der Waals surface area contributed by atoms with E-state index in [0.717, 1.165) is 0 Å². The lowest BCUT2D eigenvalue weighted by Crippen LogP contribution is -2.04. The lowest BCUT2D eigenvalue weighted by molar-refractivity contribution is 0.324. The van der Waals surface area contributed by atoms with E-state index in [0.29, 0.717) is 41.1 Å². The molecule has 0 amide bonds. The van der Waals surface area contributed by atoms with Gasteiger partial charge in [-0.25, -0.2) is 0 Å². The Hall–Kier alpha value is -2.28. The van der Waals surface area contributed by atoms with Gasteiger partial charge in [-0.05, 0) is 19.2 Å². The topological polar surface area (TPSA) is 78.6 Å². The van der Waals surface area contributed by atoms with E-state index in [1.54, 1.807) is 40.5 Å². The van der Waals surface area contributed by atoms with Crippen LogP contribution in [-0.4, -0.2) is 38.6 Å². The monoisotopic (exact) mass is 279 g/mol. The van der Waals surface area contributed by atoms with Gasteiger partial charge >= 0.3 is 0 Å². The van der Waals surface area contributed by atoms with E-state index in [1.165, 1.54) is 0 Å². The maximum atomic E-state index is 5.56. The second-order valence-electron chi connectivity index (χ2n) is 3.91. The standard InChI is InChI=1S/C13H17N3O4/c1-14-7-10-15-16-13(20-10)8-5-6-9(17-2)12(19-4)11(8)18-3/h5-6,14H,7H2,1-4H3. The van der Waals surface area contributed by atoms with Crippen molar-refractivity contribution in [3.63, 3.8) is 0 Å². The average Bonchev–Trinajstić information content (AvgIpc) is 2.94. The molecule has 0 spiro atoms. The predicted octanol–water partition coefficient (Wildman–Crippen LogP) is 1.48. The fraction of sp³-hybridized carbons (Fsp3) is 0.385. The Bertz CT molecular complexity index is 583. The van der Waals surface area contributed by atoms with Crippen LogP contribution in [0, 0.1) is 0 Å². The fourth-order valence-electron chi connectivity index (χ4n) is 1.85. The number of hydrogen-bond donors (Lipinski definition) is 1. The Morgan fingerprint density at radius 1 is 1.05 bits per heavy atom. The molecule has 0 fully saturated rings. The minimum absolute atomic E-state index is 0.369. The second-order valence-corrected chi connectivity index (χ2v) is 3.91. The number of rotatable bonds is 6. The molecule has 0 saturated carbocycles. The van der Waals surface area contributed by atoms with Gasteiger partial charge in [-0.2, -0.15) is 0 Å². The van der Waals surface area contributed by atoms with Crippen molar-refractivity contribution in [1.29, 1.82) is 0 Å². The predicted molar refractivity (Wildman–Crippen MR) is 72.2 cm³/mol. The summed E-state index contributed by atoms with van der Waals surface area (Å²) in [4.78, 5) is 0. The molecule has 0 aliphatic carbocycles. The molecule has 0 atom stereocenters. The van der Waals surface area contributed by atoms with Crippen molar-refractivity contribution < 1.29 is 18.6 Å². The molecule has 1 N–H and O–H groups in total. The van der Waals surface area contributed by atoms with Crippen molar-refractivity contribution >= 4 is 0 Å². The highest BCUT2D eigenvalue weighted by molar-refractivity contribution is 5.71. The number of methoxy groups -OCH3 is 3. The first kappa shape index (κ1) is 14.1. The summed E-state index contributed by atoms with van der Waals surface area (Å²) in [5.74, 6) is 2.42. The van der Waals surface area contributed by atoms with Gasteiger partial charge in [0.1, 0.15) is 0 Å². The summed E-state index contributed by atoms with van der Waals surface area (Å²) in [6.07, 6.45) is 0. The molecule has 7 heteroatoms. The van der Waals surface area contributed by atoms with E-state index in [4.69, 9.17) is 18.6 Å². The zero-order chi connectivity index (χ0) is 14.5. The van der Waals surface area contributed by atoms with Crippen LogP contribution in [0.3, 0.4) is 0 Å².